The van der Waals surface area contributed by atoms with Crippen molar-refractivity contribution in [3.05, 3.63) is 170 Å². The highest BCUT2D eigenvalue weighted by Gasteiger charge is 2.20. The first-order chi connectivity index (χ1) is 24.8. The van der Waals surface area contributed by atoms with E-state index in [1.165, 1.54) is 0 Å². The maximum atomic E-state index is 6.58. The van der Waals surface area contributed by atoms with Crippen LogP contribution in [-0.4, -0.2) is 19.5 Å². The van der Waals surface area contributed by atoms with Crippen LogP contribution >= 0.6 is 0 Å². The van der Waals surface area contributed by atoms with E-state index in [1.54, 1.807) is 0 Å². The van der Waals surface area contributed by atoms with Gasteiger partial charge in [0.2, 0.25) is 0 Å². The predicted octanol–water partition coefficient (Wildman–Crippen LogP) is 11.5. The zero-order valence-electron chi connectivity index (χ0n) is 26.9. The van der Waals surface area contributed by atoms with Crippen LogP contribution in [-0.2, 0) is 0 Å². The molecule has 0 spiro atoms. The molecular weight excluding hydrogens is 613 g/mol. The number of benzene rings is 7. The van der Waals surface area contributed by atoms with Gasteiger partial charge in [0, 0.05) is 50.0 Å². The molecular formula is C45H28N4O. The van der Waals surface area contributed by atoms with Crippen molar-refractivity contribution in [3.8, 4) is 51.0 Å². The fourth-order valence-electron chi connectivity index (χ4n) is 7.11. The zero-order chi connectivity index (χ0) is 33.0. The Bertz CT molecular complexity index is 2800. The molecule has 0 unspecified atom stereocenters. The summed E-state index contributed by atoms with van der Waals surface area (Å²) in [5.74, 6) is 1.88. The average Bonchev–Trinajstić information content (AvgIpc) is 3.73. The summed E-state index contributed by atoms with van der Waals surface area (Å²) in [6.07, 6.45) is 0. The standard InChI is InChI=1S/C45H28N4O/c1-4-13-29(14-5-1)32-23-25-35-36-26-24-33(28-41(36)50-40(35)27-32)49-39-22-11-10-19-34(39)37-20-12-21-38(42(37)49)45-47-43(30-15-6-2-7-16-30)46-44(48-45)31-17-8-3-9-18-31/h1-28H. The molecule has 0 radical (unpaired) electrons. The smallest absolute Gasteiger partial charge is 0.166 e. The summed E-state index contributed by atoms with van der Waals surface area (Å²) >= 11 is 0. The third kappa shape index (κ3) is 4.60. The van der Waals surface area contributed by atoms with Crippen LogP contribution in [0.4, 0.5) is 0 Å². The Labute approximate surface area is 287 Å². The summed E-state index contributed by atoms with van der Waals surface area (Å²) in [5.41, 5.74) is 9.92. The van der Waals surface area contributed by atoms with Crippen LogP contribution in [0.3, 0.4) is 0 Å². The summed E-state index contributed by atoms with van der Waals surface area (Å²) in [5, 5.41) is 4.46. The van der Waals surface area contributed by atoms with Gasteiger partial charge in [-0.15, -0.1) is 0 Å². The molecule has 0 saturated heterocycles. The molecule has 234 valence electrons. The molecule has 10 aromatic rings. The molecule has 10 rings (SSSR count). The summed E-state index contributed by atoms with van der Waals surface area (Å²) in [7, 11) is 0. The fourth-order valence-corrected chi connectivity index (χ4v) is 7.11. The van der Waals surface area contributed by atoms with Gasteiger partial charge in [-0.05, 0) is 47.5 Å². The van der Waals surface area contributed by atoms with Gasteiger partial charge in [0.1, 0.15) is 11.2 Å². The number of rotatable bonds is 5. The van der Waals surface area contributed by atoms with Crippen LogP contribution in [0.1, 0.15) is 0 Å². The van der Waals surface area contributed by atoms with Crippen molar-refractivity contribution in [1.82, 2.24) is 19.5 Å². The van der Waals surface area contributed by atoms with Gasteiger partial charge in [0.25, 0.3) is 0 Å². The molecule has 0 fully saturated rings. The molecule has 0 amide bonds. The Morgan fingerprint density at radius 3 is 1.64 bits per heavy atom. The van der Waals surface area contributed by atoms with E-state index in [0.717, 1.165) is 77.2 Å². The SMILES string of the molecule is c1ccc(-c2ccc3c(c2)oc2cc(-n4c5ccccc5c5cccc(-c6nc(-c7ccccc7)nc(-c7ccccc7)n6)c54)ccc23)cc1. The van der Waals surface area contributed by atoms with Gasteiger partial charge in [-0.25, -0.2) is 15.0 Å². The predicted molar refractivity (Wildman–Crippen MR) is 203 cm³/mol. The molecule has 5 heteroatoms. The molecule has 0 atom stereocenters. The molecule has 7 aromatic carbocycles. The number of hydrogen-bond acceptors (Lipinski definition) is 4. The van der Waals surface area contributed by atoms with Crippen LogP contribution in [0, 0.1) is 0 Å². The molecule has 0 bridgehead atoms. The monoisotopic (exact) mass is 640 g/mol. The molecule has 0 aliphatic rings. The number of hydrogen-bond donors (Lipinski definition) is 0. The van der Waals surface area contributed by atoms with Crippen LogP contribution in [0.5, 0.6) is 0 Å². The lowest BCUT2D eigenvalue weighted by atomic mass is 10.0. The quantitative estimate of drug-likeness (QED) is 0.188. The highest BCUT2D eigenvalue weighted by molar-refractivity contribution is 6.14. The number of para-hydroxylation sites is 2. The number of nitrogens with zero attached hydrogens (tertiary/aromatic N) is 4. The number of aromatic nitrogens is 4. The second-order valence-electron chi connectivity index (χ2n) is 12.5. The second-order valence-corrected chi connectivity index (χ2v) is 12.5. The largest absolute Gasteiger partial charge is 0.456 e. The van der Waals surface area contributed by atoms with E-state index in [9.17, 15) is 0 Å². The average molecular weight is 641 g/mol. The van der Waals surface area contributed by atoms with Crippen LogP contribution < -0.4 is 0 Å². The Morgan fingerprint density at radius 1 is 0.380 bits per heavy atom. The minimum Gasteiger partial charge on any atom is -0.456 e. The van der Waals surface area contributed by atoms with Gasteiger partial charge in [0.15, 0.2) is 17.5 Å². The first-order valence-corrected chi connectivity index (χ1v) is 16.7. The van der Waals surface area contributed by atoms with Gasteiger partial charge in [-0.3, -0.25) is 0 Å². The van der Waals surface area contributed by atoms with Crippen molar-refractivity contribution in [3.63, 3.8) is 0 Å². The fraction of sp³-hybridized carbons (Fsp3) is 0. The van der Waals surface area contributed by atoms with Gasteiger partial charge in [-0.2, -0.15) is 0 Å². The van der Waals surface area contributed by atoms with Crippen molar-refractivity contribution in [2.75, 3.05) is 0 Å². The highest BCUT2D eigenvalue weighted by atomic mass is 16.3. The van der Waals surface area contributed by atoms with Gasteiger partial charge >= 0.3 is 0 Å². The van der Waals surface area contributed by atoms with E-state index < -0.39 is 0 Å². The highest BCUT2D eigenvalue weighted by Crippen LogP contribution is 2.40. The molecule has 3 heterocycles. The van der Waals surface area contributed by atoms with Crippen LogP contribution in [0.2, 0.25) is 0 Å². The van der Waals surface area contributed by atoms with E-state index in [0.29, 0.717) is 17.5 Å². The van der Waals surface area contributed by atoms with Crippen molar-refractivity contribution in [2.45, 2.75) is 0 Å². The maximum Gasteiger partial charge on any atom is 0.166 e. The lowest BCUT2D eigenvalue weighted by molar-refractivity contribution is 0.669. The number of fused-ring (bicyclic) bond motifs is 6. The van der Waals surface area contributed by atoms with E-state index in [1.807, 2.05) is 66.7 Å². The summed E-state index contributed by atoms with van der Waals surface area (Å²) < 4.78 is 8.89. The van der Waals surface area contributed by atoms with Gasteiger partial charge in [0.05, 0.1) is 11.0 Å². The molecule has 0 aliphatic heterocycles. The van der Waals surface area contributed by atoms with Crippen LogP contribution in [0.25, 0.3) is 94.7 Å². The lowest BCUT2D eigenvalue weighted by Crippen LogP contribution is -2.02. The van der Waals surface area contributed by atoms with Crippen molar-refractivity contribution < 1.29 is 4.42 Å². The van der Waals surface area contributed by atoms with Crippen molar-refractivity contribution in [2.24, 2.45) is 0 Å². The van der Waals surface area contributed by atoms with Crippen molar-refractivity contribution in [1.29, 1.82) is 0 Å². The first-order valence-electron chi connectivity index (χ1n) is 16.7. The molecule has 5 nitrogen and oxygen atoms in total. The summed E-state index contributed by atoms with van der Waals surface area (Å²) in [6.45, 7) is 0. The summed E-state index contributed by atoms with van der Waals surface area (Å²) in [6, 6.07) is 58.5. The number of furan rings is 1. The van der Waals surface area contributed by atoms with E-state index in [-0.39, 0.29) is 0 Å². The third-order valence-corrected chi connectivity index (χ3v) is 9.46. The Kier molecular flexibility index (Phi) is 6.42. The van der Waals surface area contributed by atoms with Gasteiger partial charge in [-0.1, -0.05) is 127 Å². The zero-order valence-corrected chi connectivity index (χ0v) is 26.9. The first kappa shape index (κ1) is 28.2. The summed E-state index contributed by atoms with van der Waals surface area (Å²) in [4.78, 5) is 15.2. The van der Waals surface area contributed by atoms with Crippen molar-refractivity contribution >= 4 is 43.7 Å². The Morgan fingerprint density at radius 2 is 0.940 bits per heavy atom. The second kappa shape index (κ2) is 11.4. The Hall–Kier alpha value is -6.85. The van der Waals surface area contributed by atoms with Crippen LogP contribution in [0.15, 0.2) is 174 Å². The molecule has 0 N–H and O–H groups in total. The van der Waals surface area contributed by atoms with E-state index in [2.05, 4.69) is 108 Å². The minimum absolute atomic E-state index is 0.616. The third-order valence-electron chi connectivity index (χ3n) is 9.46. The maximum absolute atomic E-state index is 6.58. The van der Waals surface area contributed by atoms with E-state index in [4.69, 9.17) is 19.4 Å². The molecule has 0 saturated carbocycles. The van der Waals surface area contributed by atoms with E-state index >= 15 is 0 Å². The molecule has 3 aromatic heterocycles. The topological polar surface area (TPSA) is 56.7 Å². The minimum atomic E-state index is 0.616. The lowest BCUT2D eigenvalue weighted by Gasteiger charge is -2.12. The Balaban J connectivity index is 1.21. The van der Waals surface area contributed by atoms with Gasteiger partial charge < -0.3 is 8.98 Å². The molecule has 0 aliphatic carbocycles. The molecule has 50 heavy (non-hydrogen) atoms. The normalized spacial score (nSPS) is 11.6.